The van der Waals surface area contributed by atoms with Crippen molar-refractivity contribution in [2.24, 2.45) is 0 Å². The number of esters is 2. The van der Waals surface area contributed by atoms with Crippen LogP contribution in [0.1, 0.15) is 13.8 Å². The van der Waals surface area contributed by atoms with Gasteiger partial charge in [0, 0.05) is 13.8 Å². The Morgan fingerprint density at radius 2 is 1.72 bits per heavy atom. The normalized spacial score (nSPS) is 35.9. The number of ether oxygens (including phenoxy) is 3. The van der Waals surface area contributed by atoms with Crippen LogP contribution in [0.3, 0.4) is 0 Å². The van der Waals surface area contributed by atoms with Crippen LogP contribution in [0, 0.1) is 0 Å². The van der Waals surface area contributed by atoms with Gasteiger partial charge in [-0.1, -0.05) is 0 Å². The van der Waals surface area contributed by atoms with Crippen LogP contribution in [-0.4, -0.2) is 64.6 Å². The van der Waals surface area contributed by atoms with Gasteiger partial charge in [0.05, 0.1) is 0 Å². The molecule has 1 rings (SSSR count). The summed E-state index contributed by atoms with van der Waals surface area (Å²) in [5.74, 6) is -1.28. The first-order valence-electron chi connectivity index (χ1n) is 5.33. The summed E-state index contributed by atoms with van der Waals surface area (Å²) in [5, 5.41) is 28.4. The predicted molar refractivity (Wildman–Crippen MR) is 55.1 cm³/mol. The zero-order valence-electron chi connectivity index (χ0n) is 9.98. The molecule has 8 nitrogen and oxygen atoms in total. The predicted octanol–water partition coefficient (Wildman–Crippen LogP) is -2.08. The van der Waals surface area contributed by atoms with Crippen LogP contribution in [-0.2, 0) is 23.8 Å². The van der Waals surface area contributed by atoms with Crippen molar-refractivity contribution in [2.45, 2.75) is 44.6 Å². The number of carbonyl (C=O) groups excluding carboxylic acids is 2. The van der Waals surface area contributed by atoms with Crippen molar-refractivity contribution >= 4 is 11.9 Å². The molecule has 0 saturated carbocycles. The third kappa shape index (κ3) is 3.64. The molecule has 104 valence electrons. The van der Waals surface area contributed by atoms with Gasteiger partial charge < -0.3 is 29.5 Å². The second kappa shape index (κ2) is 6.10. The van der Waals surface area contributed by atoms with Crippen molar-refractivity contribution in [3.8, 4) is 0 Å². The van der Waals surface area contributed by atoms with Crippen molar-refractivity contribution in [3.63, 3.8) is 0 Å². The van der Waals surface area contributed by atoms with E-state index in [0.717, 1.165) is 6.92 Å². The highest BCUT2D eigenvalue weighted by Crippen LogP contribution is 2.23. The Morgan fingerprint density at radius 1 is 1.11 bits per heavy atom. The molecule has 0 aromatic heterocycles. The number of aliphatic hydroxyl groups is 3. The molecular formula is C10H16O8. The maximum absolute atomic E-state index is 10.9. The van der Waals surface area contributed by atoms with Gasteiger partial charge in [-0.25, -0.2) is 0 Å². The Morgan fingerprint density at radius 3 is 2.22 bits per heavy atom. The highest BCUT2D eigenvalue weighted by atomic mass is 16.7. The summed E-state index contributed by atoms with van der Waals surface area (Å²) in [5.41, 5.74) is 0. The van der Waals surface area contributed by atoms with Gasteiger partial charge in [0.25, 0.3) is 0 Å². The maximum atomic E-state index is 10.9. The Balaban J connectivity index is 2.75. The molecule has 1 fully saturated rings. The van der Waals surface area contributed by atoms with E-state index in [4.69, 9.17) is 9.47 Å². The highest BCUT2D eigenvalue weighted by Gasteiger charge is 2.46. The monoisotopic (exact) mass is 264 g/mol. The van der Waals surface area contributed by atoms with E-state index in [1.807, 2.05) is 0 Å². The Labute approximate surface area is 103 Å². The van der Waals surface area contributed by atoms with Crippen molar-refractivity contribution < 1.29 is 39.1 Å². The van der Waals surface area contributed by atoms with Crippen LogP contribution in [0.2, 0.25) is 0 Å². The average Bonchev–Trinajstić information content (AvgIpc) is 2.27. The molecule has 0 bridgehead atoms. The third-order valence-electron chi connectivity index (χ3n) is 2.41. The number of hydrogen-bond acceptors (Lipinski definition) is 8. The standard InChI is InChI=1S/C10H16O8/c1-4(11)16-3-6-9(17-5(2)12)7(13)8(14)10(15)18-6/h6-10,13-15H,3H2,1-2H3/t6-,7-,8-,9-,10-/m1/s1. The first kappa shape index (κ1) is 14.8. The molecule has 5 atom stereocenters. The van der Waals surface area contributed by atoms with E-state index < -0.39 is 42.6 Å². The van der Waals surface area contributed by atoms with E-state index in [0.29, 0.717) is 0 Å². The van der Waals surface area contributed by atoms with Crippen molar-refractivity contribution in [3.05, 3.63) is 0 Å². The first-order chi connectivity index (χ1) is 8.32. The van der Waals surface area contributed by atoms with Gasteiger partial charge in [-0.05, 0) is 0 Å². The highest BCUT2D eigenvalue weighted by molar-refractivity contribution is 5.66. The molecule has 0 spiro atoms. The fourth-order valence-corrected chi connectivity index (χ4v) is 1.59. The average molecular weight is 264 g/mol. The van der Waals surface area contributed by atoms with Crippen molar-refractivity contribution in [2.75, 3.05) is 6.61 Å². The summed E-state index contributed by atoms with van der Waals surface area (Å²) in [4.78, 5) is 21.6. The van der Waals surface area contributed by atoms with Crippen LogP contribution in [0.25, 0.3) is 0 Å². The molecule has 0 aromatic carbocycles. The quantitative estimate of drug-likeness (QED) is 0.496. The van der Waals surface area contributed by atoms with Crippen LogP contribution in [0.5, 0.6) is 0 Å². The van der Waals surface area contributed by atoms with Gasteiger partial charge >= 0.3 is 11.9 Å². The largest absolute Gasteiger partial charge is 0.463 e. The number of rotatable bonds is 3. The topological polar surface area (TPSA) is 123 Å². The minimum atomic E-state index is -1.65. The molecule has 3 N–H and O–H groups in total. The minimum Gasteiger partial charge on any atom is -0.463 e. The van der Waals surface area contributed by atoms with E-state index >= 15 is 0 Å². The second-order valence-electron chi connectivity index (χ2n) is 3.92. The zero-order valence-corrected chi connectivity index (χ0v) is 9.98. The SMILES string of the molecule is CC(=O)OC[C@H]1O[C@@H](O)[C@H](O)[C@@H](O)[C@@H]1OC(C)=O. The molecule has 0 aromatic rings. The Kier molecular flexibility index (Phi) is 5.03. The fourth-order valence-electron chi connectivity index (χ4n) is 1.59. The molecule has 0 amide bonds. The number of aliphatic hydroxyl groups excluding tert-OH is 3. The van der Waals surface area contributed by atoms with E-state index in [1.54, 1.807) is 0 Å². The van der Waals surface area contributed by atoms with Gasteiger partial charge in [0.15, 0.2) is 12.4 Å². The fraction of sp³-hybridized carbons (Fsp3) is 0.800. The smallest absolute Gasteiger partial charge is 0.303 e. The van der Waals surface area contributed by atoms with E-state index in [9.17, 15) is 24.9 Å². The molecule has 0 aliphatic carbocycles. The van der Waals surface area contributed by atoms with Crippen LogP contribution >= 0.6 is 0 Å². The van der Waals surface area contributed by atoms with Gasteiger partial charge in [-0.3, -0.25) is 9.59 Å². The van der Waals surface area contributed by atoms with Crippen molar-refractivity contribution in [1.82, 2.24) is 0 Å². The third-order valence-corrected chi connectivity index (χ3v) is 2.41. The summed E-state index contributed by atoms with van der Waals surface area (Å²) >= 11 is 0. The van der Waals surface area contributed by atoms with Crippen LogP contribution in [0.4, 0.5) is 0 Å². The summed E-state index contributed by atoms with van der Waals surface area (Å²) < 4.78 is 14.4. The summed E-state index contributed by atoms with van der Waals surface area (Å²) in [6, 6.07) is 0. The molecule has 1 aliphatic rings. The molecule has 1 aliphatic heterocycles. The molecule has 0 unspecified atom stereocenters. The Bertz CT molecular complexity index is 317. The summed E-state index contributed by atoms with van der Waals surface area (Å²) in [6.07, 6.45) is -7.06. The van der Waals surface area contributed by atoms with E-state index in [1.165, 1.54) is 6.92 Å². The lowest BCUT2D eigenvalue weighted by molar-refractivity contribution is -0.290. The van der Waals surface area contributed by atoms with Gasteiger partial charge in [0.2, 0.25) is 0 Å². The zero-order chi connectivity index (χ0) is 13.9. The van der Waals surface area contributed by atoms with E-state index in [2.05, 4.69) is 4.74 Å². The molecule has 1 saturated heterocycles. The van der Waals surface area contributed by atoms with E-state index in [-0.39, 0.29) is 6.61 Å². The Hall–Kier alpha value is -1.22. The molecule has 8 heteroatoms. The van der Waals surface area contributed by atoms with Gasteiger partial charge in [0.1, 0.15) is 24.9 Å². The molecular weight excluding hydrogens is 248 g/mol. The van der Waals surface area contributed by atoms with Crippen molar-refractivity contribution in [1.29, 1.82) is 0 Å². The molecule has 18 heavy (non-hydrogen) atoms. The van der Waals surface area contributed by atoms with Crippen LogP contribution in [0.15, 0.2) is 0 Å². The maximum Gasteiger partial charge on any atom is 0.303 e. The number of hydrogen-bond donors (Lipinski definition) is 3. The molecule has 1 heterocycles. The number of carbonyl (C=O) groups is 2. The minimum absolute atomic E-state index is 0.311. The second-order valence-corrected chi connectivity index (χ2v) is 3.92. The van der Waals surface area contributed by atoms with Gasteiger partial charge in [-0.15, -0.1) is 0 Å². The van der Waals surface area contributed by atoms with Crippen LogP contribution < -0.4 is 0 Å². The first-order valence-corrected chi connectivity index (χ1v) is 5.33. The lowest BCUT2D eigenvalue weighted by Gasteiger charge is -2.39. The summed E-state index contributed by atoms with van der Waals surface area (Å²) in [6.45, 7) is 1.98. The lowest BCUT2D eigenvalue weighted by atomic mass is 9.99. The lowest BCUT2D eigenvalue weighted by Crippen LogP contribution is -2.60. The van der Waals surface area contributed by atoms with Gasteiger partial charge in [-0.2, -0.15) is 0 Å². The molecule has 0 radical (unpaired) electrons. The summed E-state index contributed by atoms with van der Waals surface area (Å²) in [7, 11) is 0.